The van der Waals surface area contributed by atoms with Crippen LogP contribution >= 0.6 is 0 Å². The van der Waals surface area contributed by atoms with Gasteiger partial charge < -0.3 is 14.4 Å². The smallest absolute Gasteiger partial charge is 0.128 e. The van der Waals surface area contributed by atoms with Crippen molar-refractivity contribution < 1.29 is 0 Å². The van der Waals surface area contributed by atoms with Crippen LogP contribution < -0.4 is 4.90 Å². The average molecular weight is 369 g/mol. The van der Waals surface area contributed by atoms with Crippen LogP contribution in [0.15, 0.2) is 37.1 Å². The summed E-state index contributed by atoms with van der Waals surface area (Å²) in [5.74, 6) is 1.93. The number of aromatic nitrogens is 3. The molecule has 1 atom stereocenters. The maximum absolute atomic E-state index is 4.73. The van der Waals surface area contributed by atoms with E-state index in [2.05, 4.69) is 50.4 Å². The molecule has 4 heterocycles. The molecule has 2 aliphatic rings. The maximum atomic E-state index is 4.73. The third-order valence-electron chi connectivity index (χ3n) is 6.39. The van der Waals surface area contributed by atoms with E-state index in [1.165, 1.54) is 44.6 Å². The van der Waals surface area contributed by atoms with Crippen LogP contribution in [0.1, 0.15) is 25.3 Å². The van der Waals surface area contributed by atoms with Crippen molar-refractivity contribution in [3.05, 3.63) is 42.6 Å². The first-order valence-electron chi connectivity index (χ1n) is 10.3. The van der Waals surface area contributed by atoms with E-state index < -0.39 is 0 Å². The molecule has 4 rings (SSSR count). The molecule has 6 nitrogen and oxygen atoms in total. The molecule has 2 aromatic heterocycles. The number of rotatable bonds is 5. The van der Waals surface area contributed by atoms with E-state index in [9.17, 15) is 0 Å². The fraction of sp³-hybridized carbons (Fsp3) is 0.619. The first kappa shape index (κ1) is 18.4. The van der Waals surface area contributed by atoms with E-state index in [1.807, 2.05) is 24.9 Å². The van der Waals surface area contributed by atoms with Crippen molar-refractivity contribution in [2.45, 2.75) is 32.4 Å². The second-order valence-electron chi connectivity index (χ2n) is 8.16. The molecule has 0 saturated carbocycles. The van der Waals surface area contributed by atoms with Crippen LogP contribution in [0.4, 0.5) is 5.82 Å². The van der Waals surface area contributed by atoms with E-state index in [0.717, 1.165) is 31.4 Å². The zero-order chi connectivity index (χ0) is 18.6. The molecule has 2 fully saturated rings. The number of pyridine rings is 1. The Bertz CT molecular complexity index is 682. The zero-order valence-corrected chi connectivity index (χ0v) is 16.7. The van der Waals surface area contributed by atoms with Crippen molar-refractivity contribution >= 4 is 5.82 Å². The fourth-order valence-electron chi connectivity index (χ4n) is 4.43. The summed E-state index contributed by atoms with van der Waals surface area (Å²) in [6, 6.07) is 5.07. The maximum Gasteiger partial charge on any atom is 0.128 e. The van der Waals surface area contributed by atoms with Crippen LogP contribution in [0.5, 0.6) is 0 Å². The number of imidazole rings is 1. The van der Waals surface area contributed by atoms with Crippen molar-refractivity contribution in [2.75, 3.05) is 51.2 Å². The molecule has 2 aromatic rings. The molecule has 27 heavy (non-hydrogen) atoms. The van der Waals surface area contributed by atoms with Gasteiger partial charge in [-0.2, -0.15) is 0 Å². The van der Waals surface area contributed by atoms with E-state index in [4.69, 9.17) is 4.98 Å². The highest BCUT2D eigenvalue weighted by atomic mass is 15.3. The topological polar surface area (TPSA) is 40.4 Å². The number of anilines is 1. The highest BCUT2D eigenvalue weighted by Crippen LogP contribution is 2.27. The van der Waals surface area contributed by atoms with Crippen molar-refractivity contribution in [3.8, 4) is 0 Å². The predicted octanol–water partition coefficient (Wildman–Crippen LogP) is 2.18. The molecule has 0 N–H and O–H groups in total. The zero-order valence-electron chi connectivity index (χ0n) is 16.7. The number of hydrogen-bond acceptors (Lipinski definition) is 5. The van der Waals surface area contributed by atoms with E-state index in [0.29, 0.717) is 6.04 Å². The summed E-state index contributed by atoms with van der Waals surface area (Å²) in [6.07, 6.45) is 10.2. The van der Waals surface area contributed by atoms with Crippen molar-refractivity contribution in [1.82, 2.24) is 24.3 Å². The van der Waals surface area contributed by atoms with Crippen LogP contribution in [0, 0.1) is 5.92 Å². The highest BCUT2D eigenvalue weighted by molar-refractivity contribution is 5.39. The quantitative estimate of drug-likeness (QED) is 0.809. The Kier molecular flexibility index (Phi) is 5.74. The predicted molar refractivity (Wildman–Crippen MR) is 109 cm³/mol. The van der Waals surface area contributed by atoms with Crippen molar-refractivity contribution in [1.29, 1.82) is 0 Å². The summed E-state index contributed by atoms with van der Waals surface area (Å²) in [6.45, 7) is 10.4. The highest BCUT2D eigenvalue weighted by Gasteiger charge is 2.29. The molecule has 0 aliphatic carbocycles. The van der Waals surface area contributed by atoms with Crippen LogP contribution in [-0.4, -0.2) is 76.7 Å². The molecular weight excluding hydrogens is 336 g/mol. The monoisotopic (exact) mass is 368 g/mol. The molecule has 146 valence electrons. The second-order valence-corrected chi connectivity index (χ2v) is 8.16. The first-order chi connectivity index (χ1) is 13.2. The lowest BCUT2D eigenvalue weighted by atomic mass is 9.89. The Balaban J connectivity index is 1.28. The lowest BCUT2D eigenvalue weighted by Gasteiger charge is -2.42. The summed E-state index contributed by atoms with van der Waals surface area (Å²) in [4.78, 5) is 16.4. The van der Waals surface area contributed by atoms with Gasteiger partial charge in [0.2, 0.25) is 0 Å². The van der Waals surface area contributed by atoms with Gasteiger partial charge in [0.25, 0.3) is 0 Å². The standard InChI is InChI=1S/C21H32N6/c1-18(26-13-11-24(2)12-14-26)20-5-8-27(9-6-20)21-4-3-19(15-23-21)16-25-10-7-22-17-25/h3-4,7,10,15,17-18,20H,5-6,8-9,11-14,16H2,1-2H3. The van der Waals surface area contributed by atoms with E-state index in [1.54, 1.807) is 0 Å². The molecular formula is C21H32N6. The summed E-state index contributed by atoms with van der Waals surface area (Å²) >= 11 is 0. The molecule has 0 bridgehead atoms. The van der Waals surface area contributed by atoms with Crippen molar-refractivity contribution in [2.24, 2.45) is 5.92 Å². The Labute approximate surface area is 162 Å². The van der Waals surface area contributed by atoms with Gasteiger partial charge in [-0.1, -0.05) is 6.07 Å². The van der Waals surface area contributed by atoms with Gasteiger partial charge in [0, 0.05) is 70.4 Å². The van der Waals surface area contributed by atoms with E-state index >= 15 is 0 Å². The lowest BCUT2D eigenvalue weighted by molar-refractivity contribution is 0.0813. The number of likely N-dealkylation sites (N-methyl/N-ethyl adjacent to an activating group) is 1. The minimum atomic E-state index is 0.700. The SMILES string of the molecule is CC(C1CCN(c2ccc(Cn3ccnc3)cn2)CC1)N1CCN(C)CC1. The average Bonchev–Trinajstić information content (AvgIpc) is 3.22. The summed E-state index contributed by atoms with van der Waals surface area (Å²) in [5.41, 5.74) is 1.22. The summed E-state index contributed by atoms with van der Waals surface area (Å²) in [7, 11) is 2.23. The molecule has 0 spiro atoms. The van der Waals surface area contributed by atoms with Gasteiger partial charge in [0.15, 0.2) is 0 Å². The largest absolute Gasteiger partial charge is 0.357 e. The number of nitrogens with zero attached hydrogens (tertiary/aromatic N) is 6. The third kappa shape index (κ3) is 4.50. The van der Waals surface area contributed by atoms with Crippen LogP contribution in [0.3, 0.4) is 0 Å². The van der Waals surface area contributed by atoms with E-state index in [-0.39, 0.29) is 0 Å². The van der Waals surface area contributed by atoms with Gasteiger partial charge in [0.05, 0.1) is 6.33 Å². The molecule has 1 unspecified atom stereocenters. The Morgan fingerprint density at radius 2 is 1.85 bits per heavy atom. The number of piperazine rings is 1. The molecule has 0 aromatic carbocycles. The Hall–Kier alpha value is -1.92. The molecule has 2 aliphatic heterocycles. The summed E-state index contributed by atoms with van der Waals surface area (Å²) in [5, 5.41) is 0. The van der Waals surface area contributed by atoms with Crippen LogP contribution in [0.2, 0.25) is 0 Å². The van der Waals surface area contributed by atoms with Gasteiger partial charge in [-0.3, -0.25) is 4.90 Å². The van der Waals surface area contributed by atoms with Gasteiger partial charge in [0.1, 0.15) is 5.82 Å². The van der Waals surface area contributed by atoms with Gasteiger partial charge >= 0.3 is 0 Å². The first-order valence-corrected chi connectivity index (χ1v) is 10.3. The second kappa shape index (κ2) is 8.40. The Morgan fingerprint density at radius 3 is 2.48 bits per heavy atom. The molecule has 2 saturated heterocycles. The third-order valence-corrected chi connectivity index (χ3v) is 6.39. The molecule has 6 heteroatoms. The normalized spacial score (nSPS) is 21.5. The number of piperidine rings is 1. The minimum absolute atomic E-state index is 0.700. The van der Waals surface area contributed by atoms with Crippen LogP contribution in [0.25, 0.3) is 0 Å². The van der Waals surface area contributed by atoms with Gasteiger partial charge in [-0.05, 0) is 44.4 Å². The van der Waals surface area contributed by atoms with Crippen LogP contribution in [-0.2, 0) is 6.54 Å². The minimum Gasteiger partial charge on any atom is -0.357 e. The van der Waals surface area contributed by atoms with Gasteiger partial charge in [-0.15, -0.1) is 0 Å². The lowest BCUT2D eigenvalue weighted by Crippen LogP contribution is -2.51. The van der Waals surface area contributed by atoms with Gasteiger partial charge in [-0.25, -0.2) is 9.97 Å². The van der Waals surface area contributed by atoms with Crippen molar-refractivity contribution in [3.63, 3.8) is 0 Å². The molecule has 0 radical (unpaired) electrons. The Morgan fingerprint density at radius 1 is 1.07 bits per heavy atom. The number of hydrogen-bond donors (Lipinski definition) is 0. The molecule has 0 amide bonds. The fourth-order valence-corrected chi connectivity index (χ4v) is 4.43. The summed E-state index contributed by atoms with van der Waals surface area (Å²) < 4.78 is 2.07.